The number of hydrogen-bond donors (Lipinski definition) is 1. The number of sulfonamides is 1. The zero-order valence-corrected chi connectivity index (χ0v) is 16.5. The number of ether oxygens (including phenoxy) is 1. The predicted molar refractivity (Wildman–Crippen MR) is 106 cm³/mol. The molecule has 0 aliphatic heterocycles. The van der Waals surface area contributed by atoms with Crippen LogP contribution in [0.1, 0.15) is 12.5 Å². The van der Waals surface area contributed by atoms with Crippen LogP contribution in [0, 0.1) is 17.0 Å². The molecular formula is C18H21N3O6S. The summed E-state index contributed by atoms with van der Waals surface area (Å²) in [6, 6.07) is 10.4. The Bertz CT molecular complexity index is 973. The normalized spacial score (nSPS) is 11.0. The van der Waals surface area contributed by atoms with Gasteiger partial charge in [-0.1, -0.05) is 6.07 Å². The zero-order valence-electron chi connectivity index (χ0n) is 15.7. The molecule has 1 amide bonds. The van der Waals surface area contributed by atoms with Gasteiger partial charge in [-0.3, -0.25) is 19.2 Å². The Morgan fingerprint density at radius 3 is 2.39 bits per heavy atom. The van der Waals surface area contributed by atoms with Crippen LogP contribution in [0.5, 0.6) is 5.75 Å². The highest BCUT2D eigenvalue weighted by atomic mass is 32.2. The molecule has 0 aliphatic rings. The van der Waals surface area contributed by atoms with Crippen molar-refractivity contribution in [2.24, 2.45) is 0 Å². The monoisotopic (exact) mass is 407 g/mol. The highest BCUT2D eigenvalue weighted by Gasteiger charge is 2.21. The van der Waals surface area contributed by atoms with E-state index in [0.717, 1.165) is 10.6 Å². The first-order chi connectivity index (χ1) is 13.1. The van der Waals surface area contributed by atoms with Crippen LogP contribution in [0.25, 0.3) is 0 Å². The second-order valence-electron chi connectivity index (χ2n) is 6.00. The summed E-state index contributed by atoms with van der Waals surface area (Å²) >= 11 is 0. The lowest BCUT2D eigenvalue weighted by Crippen LogP contribution is -2.37. The molecule has 2 rings (SSSR count). The fraction of sp³-hybridized carbons (Fsp3) is 0.278. The Morgan fingerprint density at radius 1 is 1.21 bits per heavy atom. The lowest BCUT2D eigenvalue weighted by Gasteiger charge is -2.22. The molecule has 0 saturated carbocycles. The molecule has 10 heteroatoms. The predicted octanol–water partition coefficient (Wildman–Crippen LogP) is 2.71. The van der Waals surface area contributed by atoms with Crippen LogP contribution in [0.15, 0.2) is 42.5 Å². The minimum atomic E-state index is -3.74. The molecule has 0 radical (unpaired) electrons. The number of nitrogens with one attached hydrogen (secondary N) is 1. The van der Waals surface area contributed by atoms with Gasteiger partial charge in [-0.15, -0.1) is 0 Å². The molecule has 0 aliphatic carbocycles. The van der Waals surface area contributed by atoms with Crippen LogP contribution >= 0.6 is 0 Å². The highest BCUT2D eigenvalue weighted by Crippen LogP contribution is 2.24. The van der Waals surface area contributed by atoms with Gasteiger partial charge in [0.15, 0.2) is 0 Å². The standard InChI is InChI=1S/C18H21N3O6S/c1-4-27-16-9-7-14(8-10-16)20(28(3,25)26)12-18(22)19-17-11-15(21(23)24)6-5-13(17)2/h5-11H,4,12H2,1-3H3,(H,19,22). The number of rotatable bonds is 8. The maximum atomic E-state index is 12.4. The minimum absolute atomic E-state index is 0.174. The molecule has 0 heterocycles. The SMILES string of the molecule is CCOc1ccc(N(CC(=O)Nc2cc([N+](=O)[O-])ccc2C)S(C)(=O)=O)cc1. The van der Waals surface area contributed by atoms with Gasteiger partial charge in [-0.05, 0) is 43.7 Å². The van der Waals surface area contributed by atoms with Crippen LogP contribution in [0.2, 0.25) is 0 Å². The first-order valence-electron chi connectivity index (χ1n) is 8.37. The topological polar surface area (TPSA) is 119 Å². The number of hydrogen-bond acceptors (Lipinski definition) is 6. The zero-order chi connectivity index (χ0) is 20.9. The molecule has 2 aromatic carbocycles. The summed E-state index contributed by atoms with van der Waals surface area (Å²) < 4.78 is 30.6. The quantitative estimate of drug-likeness (QED) is 0.531. The van der Waals surface area contributed by atoms with Crippen LogP contribution in [0.3, 0.4) is 0 Å². The van der Waals surface area contributed by atoms with Crippen molar-refractivity contribution in [3.63, 3.8) is 0 Å². The number of anilines is 2. The van der Waals surface area contributed by atoms with Crippen molar-refractivity contribution in [1.29, 1.82) is 0 Å². The molecule has 28 heavy (non-hydrogen) atoms. The van der Waals surface area contributed by atoms with Crippen molar-refractivity contribution in [1.82, 2.24) is 0 Å². The third-order valence-corrected chi connectivity index (χ3v) is 4.97. The van der Waals surface area contributed by atoms with E-state index >= 15 is 0 Å². The van der Waals surface area contributed by atoms with E-state index in [1.807, 2.05) is 6.92 Å². The highest BCUT2D eigenvalue weighted by molar-refractivity contribution is 7.92. The van der Waals surface area contributed by atoms with Gasteiger partial charge in [0.1, 0.15) is 12.3 Å². The molecule has 0 saturated heterocycles. The number of amides is 1. The van der Waals surface area contributed by atoms with Gasteiger partial charge >= 0.3 is 0 Å². The van der Waals surface area contributed by atoms with Gasteiger partial charge in [0.2, 0.25) is 15.9 Å². The van der Waals surface area contributed by atoms with Crippen molar-refractivity contribution in [2.75, 3.05) is 29.0 Å². The number of non-ortho nitro benzene ring substituents is 1. The van der Waals surface area contributed by atoms with E-state index in [1.165, 1.54) is 30.3 Å². The van der Waals surface area contributed by atoms with Gasteiger partial charge < -0.3 is 10.1 Å². The van der Waals surface area contributed by atoms with Gasteiger partial charge in [0, 0.05) is 12.1 Å². The first-order valence-corrected chi connectivity index (χ1v) is 10.2. The molecule has 0 spiro atoms. The Kier molecular flexibility index (Phi) is 6.57. The second kappa shape index (κ2) is 8.70. The summed E-state index contributed by atoms with van der Waals surface area (Å²) in [6.07, 6.45) is 0.995. The molecule has 2 aromatic rings. The fourth-order valence-electron chi connectivity index (χ4n) is 2.45. The Morgan fingerprint density at radius 2 is 1.86 bits per heavy atom. The molecule has 0 bridgehead atoms. The lowest BCUT2D eigenvalue weighted by atomic mass is 10.2. The van der Waals surface area contributed by atoms with Crippen molar-refractivity contribution >= 4 is 33.0 Å². The first kappa shape index (κ1) is 21.2. The molecule has 0 unspecified atom stereocenters. The number of nitrogens with zero attached hydrogens (tertiary/aromatic N) is 2. The van der Waals surface area contributed by atoms with Crippen molar-refractivity contribution in [3.05, 3.63) is 58.1 Å². The number of nitro benzene ring substituents is 1. The Labute approximate surface area is 163 Å². The summed E-state index contributed by atoms with van der Waals surface area (Å²) in [5.74, 6) is -0.0423. The third kappa shape index (κ3) is 5.43. The summed E-state index contributed by atoms with van der Waals surface area (Å²) in [5, 5.41) is 13.4. The maximum absolute atomic E-state index is 12.4. The summed E-state index contributed by atoms with van der Waals surface area (Å²) in [6.45, 7) is 3.51. The Balaban J connectivity index is 2.22. The summed E-state index contributed by atoms with van der Waals surface area (Å²) in [7, 11) is -3.74. The molecule has 9 nitrogen and oxygen atoms in total. The largest absolute Gasteiger partial charge is 0.494 e. The number of aryl methyl sites for hydroxylation is 1. The number of carbonyl (C=O) groups is 1. The van der Waals surface area contributed by atoms with E-state index in [9.17, 15) is 23.3 Å². The molecule has 0 aromatic heterocycles. The number of benzene rings is 2. The minimum Gasteiger partial charge on any atom is -0.494 e. The van der Waals surface area contributed by atoms with Crippen LogP contribution < -0.4 is 14.4 Å². The molecule has 1 N–H and O–H groups in total. The average molecular weight is 407 g/mol. The Hall–Kier alpha value is -3.14. The molecule has 0 fully saturated rings. The van der Waals surface area contributed by atoms with E-state index in [0.29, 0.717) is 23.6 Å². The lowest BCUT2D eigenvalue weighted by molar-refractivity contribution is -0.384. The fourth-order valence-corrected chi connectivity index (χ4v) is 3.31. The van der Waals surface area contributed by atoms with E-state index in [-0.39, 0.29) is 11.4 Å². The smallest absolute Gasteiger partial charge is 0.271 e. The van der Waals surface area contributed by atoms with E-state index in [2.05, 4.69) is 5.32 Å². The number of nitro groups is 1. The van der Waals surface area contributed by atoms with E-state index in [4.69, 9.17) is 4.74 Å². The van der Waals surface area contributed by atoms with Crippen molar-refractivity contribution < 1.29 is 22.9 Å². The van der Waals surface area contributed by atoms with Gasteiger partial charge in [-0.25, -0.2) is 8.42 Å². The van der Waals surface area contributed by atoms with E-state index < -0.39 is 27.4 Å². The third-order valence-electron chi connectivity index (χ3n) is 3.83. The molecular weight excluding hydrogens is 386 g/mol. The van der Waals surface area contributed by atoms with Gasteiger partial charge in [-0.2, -0.15) is 0 Å². The average Bonchev–Trinajstić information content (AvgIpc) is 2.61. The van der Waals surface area contributed by atoms with Gasteiger partial charge in [0.25, 0.3) is 5.69 Å². The molecule has 0 atom stereocenters. The van der Waals surface area contributed by atoms with Crippen LogP contribution in [-0.2, 0) is 14.8 Å². The number of carbonyl (C=O) groups excluding carboxylic acids is 1. The summed E-state index contributed by atoms with van der Waals surface area (Å²) in [4.78, 5) is 22.8. The van der Waals surface area contributed by atoms with Crippen LogP contribution in [-0.4, -0.2) is 38.7 Å². The maximum Gasteiger partial charge on any atom is 0.271 e. The van der Waals surface area contributed by atoms with Crippen molar-refractivity contribution in [3.8, 4) is 5.75 Å². The molecule has 150 valence electrons. The van der Waals surface area contributed by atoms with Crippen LogP contribution in [0.4, 0.5) is 17.1 Å². The van der Waals surface area contributed by atoms with Crippen molar-refractivity contribution in [2.45, 2.75) is 13.8 Å². The summed E-state index contributed by atoms with van der Waals surface area (Å²) in [5.41, 5.74) is 0.995. The van der Waals surface area contributed by atoms with E-state index in [1.54, 1.807) is 19.1 Å². The second-order valence-corrected chi connectivity index (χ2v) is 7.91. The van der Waals surface area contributed by atoms with Gasteiger partial charge in [0.05, 0.1) is 29.2 Å².